The Morgan fingerprint density at radius 1 is 1.71 bits per heavy atom. The minimum absolute atomic E-state index is 0.0467. The van der Waals surface area contributed by atoms with E-state index >= 15 is 0 Å². The first-order chi connectivity index (χ1) is 6.63. The van der Waals surface area contributed by atoms with Crippen molar-refractivity contribution in [2.75, 3.05) is 6.61 Å². The molecule has 1 rings (SSSR count). The highest BCUT2D eigenvalue weighted by Crippen LogP contribution is 2.13. The first kappa shape index (κ1) is 11.1. The Bertz CT molecular complexity index is 344. The highest BCUT2D eigenvalue weighted by molar-refractivity contribution is 9.10. The second-order valence-electron chi connectivity index (χ2n) is 2.60. The highest BCUT2D eigenvalue weighted by atomic mass is 79.9. The van der Waals surface area contributed by atoms with Gasteiger partial charge in [0.05, 0.1) is 13.0 Å². The fourth-order valence-electron chi connectivity index (χ4n) is 0.936. The molecule has 0 aromatic carbocycles. The van der Waals surface area contributed by atoms with Crippen LogP contribution in [0.2, 0.25) is 0 Å². The molecule has 1 aromatic heterocycles. The number of carbonyl (C=O) groups is 1. The second-order valence-corrected chi connectivity index (χ2v) is 3.35. The maximum atomic E-state index is 13.0. The average Bonchev–Trinajstić information content (AvgIpc) is 2.12. The van der Waals surface area contributed by atoms with Gasteiger partial charge in [-0.05, 0) is 34.5 Å². The van der Waals surface area contributed by atoms with E-state index in [0.29, 0.717) is 12.2 Å². The molecular formula is C9H9BrFNO2. The van der Waals surface area contributed by atoms with Gasteiger partial charge in [-0.25, -0.2) is 9.37 Å². The van der Waals surface area contributed by atoms with Crippen molar-refractivity contribution in [3.63, 3.8) is 0 Å². The third kappa shape index (κ3) is 3.06. The lowest BCUT2D eigenvalue weighted by Gasteiger charge is -2.02. The van der Waals surface area contributed by atoms with E-state index in [1.807, 2.05) is 0 Å². The fraction of sp³-hybridized carbons (Fsp3) is 0.333. The molecule has 0 unspecified atom stereocenters. The molecule has 0 spiro atoms. The van der Waals surface area contributed by atoms with Crippen LogP contribution in [-0.4, -0.2) is 17.6 Å². The highest BCUT2D eigenvalue weighted by Gasteiger charge is 2.07. The minimum atomic E-state index is -0.480. The van der Waals surface area contributed by atoms with Gasteiger partial charge in [0.25, 0.3) is 0 Å². The van der Waals surface area contributed by atoms with E-state index in [2.05, 4.69) is 20.9 Å². The monoisotopic (exact) mass is 261 g/mol. The molecule has 0 saturated carbocycles. The zero-order chi connectivity index (χ0) is 10.6. The van der Waals surface area contributed by atoms with Gasteiger partial charge < -0.3 is 4.74 Å². The molecular weight excluding hydrogens is 253 g/mol. The molecule has 5 heteroatoms. The van der Waals surface area contributed by atoms with Crippen LogP contribution in [0.5, 0.6) is 0 Å². The summed E-state index contributed by atoms with van der Waals surface area (Å²) in [6, 6.07) is 1.26. The van der Waals surface area contributed by atoms with Crippen molar-refractivity contribution in [2.45, 2.75) is 13.3 Å². The van der Waals surface area contributed by atoms with Crippen molar-refractivity contribution in [2.24, 2.45) is 0 Å². The van der Waals surface area contributed by atoms with Crippen LogP contribution in [0.25, 0.3) is 0 Å². The largest absolute Gasteiger partial charge is 0.466 e. The Kier molecular flexibility index (Phi) is 4.00. The van der Waals surface area contributed by atoms with E-state index < -0.39 is 5.82 Å². The predicted molar refractivity (Wildman–Crippen MR) is 52.2 cm³/mol. The lowest BCUT2D eigenvalue weighted by atomic mass is 10.2. The molecule has 0 aliphatic carbocycles. The zero-order valence-corrected chi connectivity index (χ0v) is 9.17. The molecule has 1 aromatic rings. The SMILES string of the molecule is CCOC(=O)Cc1cnc(Br)c(F)c1. The van der Waals surface area contributed by atoms with Crippen LogP contribution in [0.4, 0.5) is 4.39 Å². The molecule has 3 nitrogen and oxygen atoms in total. The van der Waals surface area contributed by atoms with E-state index in [9.17, 15) is 9.18 Å². The van der Waals surface area contributed by atoms with Crippen LogP contribution >= 0.6 is 15.9 Å². The molecule has 0 amide bonds. The van der Waals surface area contributed by atoms with Crippen molar-refractivity contribution in [1.29, 1.82) is 0 Å². The number of esters is 1. The molecule has 0 N–H and O–H groups in total. The van der Waals surface area contributed by atoms with Gasteiger partial charge in [-0.15, -0.1) is 0 Å². The zero-order valence-electron chi connectivity index (χ0n) is 7.59. The van der Waals surface area contributed by atoms with Crippen molar-refractivity contribution in [1.82, 2.24) is 4.98 Å². The molecule has 0 aliphatic heterocycles. The number of nitrogens with zero attached hydrogens (tertiary/aromatic N) is 1. The quantitative estimate of drug-likeness (QED) is 0.618. The minimum Gasteiger partial charge on any atom is -0.466 e. The molecule has 0 saturated heterocycles. The molecule has 1 heterocycles. The Hall–Kier alpha value is -0.970. The summed E-state index contributed by atoms with van der Waals surface area (Å²) >= 11 is 2.92. The normalized spacial score (nSPS) is 9.93. The molecule has 0 fully saturated rings. The van der Waals surface area contributed by atoms with Crippen molar-refractivity contribution >= 4 is 21.9 Å². The summed E-state index contributed by atoms with van der Waals surface area (Å²) in [4.78, 5) is 14.8. The van der Waals surface area contributed by atoms with Crippen LogP contribution < -0.4 is 0 Å². The van der Waals surface area contributed by atoms with E-state index in [-0.39, 0.29) is 17.0 Å². The predicted octanol–water partition coefficient (Wildman–Crippen LogP) is 2.09. The number of hydrogen-bond acceptors (Lipinski definition) is 3. The van der Waals surface area contributed by atoms with Gasteiger partial charge in [0.1, 0.15) is 4.60 Å². The fourth-order valence-corrected chi connectivity index (χ4v) is 1.15. The van der Waals surface area contributed by atoms with Gasteiger partial charge in [0.2, 0.25) is 0 Å². The maximum absolute atomic E-state index is 13.0. The Labute approximate surface area is 89.4 Å². The number of rotatable bonds is 3. The second kappa shape index (κ2) is 5.05. The van der Waals surface area contributed by atoms with E-state index in [4.69, 9.17) is 4.74 Å². The van der Waals surface area contributed by atoms with E-state index in [1.54, 1.807) is 6.92 Å². The maximum Gasteiger partial charge on any atom is 0.310 e. The Balaban J connectivity index is 2.68. The molecule has 0 bridgehead atoms. The molecule has 14 heavy (non-hydrogen) atoms. The lowest BCUT2D eigenvalue weighted by molar-refractivity contribution is -0.142. The van der Waals surface area contributed by atoms with Gasteiger partial charge >= 0.3 is 5.97 Å². The number of aromatic nitrogens is 1. The molecule has 0 aliphatic rings. The summed E-state index contributed by atoms with van der Waals surface area (Å²) in [7, 11) is 0. The van der Waals surface area contributed by atoms with Crippen LogP contribution in [0.3, 0.4) is 0 Å². The van der Waals surface area contributed by atoms with Crippen LogP contribution in [0.1, 0.15) is 12.5 Å². The van der Waals surface area contributed by atoms with Crippen molar-refractivity contribution < 1.29 is 13.9 Å². The summed E-state index contributed by atoms with van der Waals surface area (Å²) in [5.41, 5.74) is 0.504. The average molecular weight is 262 g/mol. The first-order valence-electron chi connectivity index (χ1n) is 4.09. The third-order valence-electron chi connectivity index (χ3n) is 1.51. The summed E-state index contributed by atoms with van der Waals surface area (Å²) in [5, 5.41) is 0. The summed E-state index contributed by atoms with van der Waals surface area (Å²) in [6.07, 6.45) is 1.48. The van der Waals surface area contributed by atoms with Crippen molar-refractivity contribution in [3.05, 3.63) is 28.2 Å². The van der Waals surface area contributed by atoms with Crippen LogP contribution in [0.15, 0.2) is 16.9 Å². The third-order valence-corrected chi connectivity index (χ3v) is 2.09. The van der Waals surface area contributed by atoms with Gasteiger partial charge in [-0.3, -0.25) is 4.79 Å². The van der Waals surface area contributed by atoms with Gasteiger partial charge in [0, 0.05) is 6.20 Å². The molecule has 76 valence electrons. The molecule has 0 atom stereocenters. The number of carbonyl (C=O) groups excluding carboxylic acids is 1. The number of hydrogen-bond donors (Lipinski definition) is 0. The topological polar surface area (TPSA) is 39.2 Å². The lowest BCUT2D eigenvalue weighted by Crippen LogP contribution is -2.08. The smallest absolute Gasteiger partial charge is 0.310 e. The van der Waals surface area contributed by atoms with Crippen LogP contribution in [-0.2, 0) is 16.0 Å². The van der Waals surface area contributed by atoms with Gasteiger partial charge in [-0.2, -0.15) is 0 Å². The van der Waals surface area contributed by atoms with Gasteiger partial charge in [-0.1, -0.05) is 0 Å². The standard InChI is InChI=1S/C9H9BrFNO2/c1-2-14-8(13)4-6-3-7(11)9(10)12-5-6/h3,5H,2,4H2,1H3. The number of halogens is 2. The summed E-state index contributed by atoms with van der Waals surface area (Å²) < 4.78 is 17.8. The van der Waals surface area contributed by atoms with E-state index in [0.717, 1.165) is 0 Å². The Morgan fingerprint density at radius 2 is 2.43 bits per heavy atom. The number of ether oxygens (including phenoxy) is 1. The van der Waals surface area contributed by atoms with E-state index in [1.165, 1.54) is 12.3 Å². The van der Waals surface area contributed by atoms with Crippen LogP contribution in [0, 0.1) is 5.82 Å². The van der Waals surface area contributed by atoms with Gasteiger partial charge in [0.15, 0.2) is 5.82 Å². The summed E-state index contributed by atoms with van der Waals surface area (Å²) in [5.74, 6) is -0.858. The summed E-state index contributed by atoms with van der Waals surface area (Å²) in [6.45, 7) is 2.05. The Morgan fingerprint density at radius 3 is 3.00 bits per heavy atom. The first-order valence-corrected chi connectivity index (χ1v) is 4.88. The molecule has 0 radical (unpaired) electrons. The van der Waals surface area contributed by atoms with Crippen molar-refractivity contribution in [3.8, 4) is 0 Å². The number of pyridine rings is 1.